The Hall–Kier alpha value is -1.35. The molecule has 2 bridgehead atoms. The van der Waals surface area contributed by atoms with Gasteiger partial charge in [0.2, 0.25) is 0 Å². The SMILES string of the molecule is COc1ccc2c(c1)[C@]13CCCC[C@H]1[C@H](C2=O)N(CC1CC1)CC3. The smallest absolute Gasteiger partial charge is 0.180 e. The van der Waals surface area contributed by atoms with Gasteiger partial charge in [0.05, 0.1) is 13.2 Å². The molecule has 3 fully saturated rings. The van der Waals surface area contributed by atoms with Crippen LogP contribution < -0.4 is 4.74 Å². The molecule has 0 aromatic heterocycles. The standard InChI is InChI=1S/C21H27NO2/c1-24-15-7-8-16-18(12-15)21-9-3-2-4-17(21)19(20(16)23)22(11-10-21)13-14-5-6-14/h7-8,12,14,17,19H,2-6,9-11,13H2,1H3/t17-,19+,21-/m0/s1. The minimum absolute atomic E-state index is 0.139. The summed E-state index contributed by atoms with van der Waals surface area (Å²) in [7, 11) is 1.73. The molecule has 1 aromatic carbocycles. The fourth-order valence-corrected chi connectivity index (χ4v) is 5.86. The Morgan fingerprint density at radius 2 is 2.08 bits per heavy atom. The number of carbonyl (C=O) groups excluding carboxylic acids is 1. The van der Waals surface area contributed by atoms with Crippen molar-refractivity contribution in [3.05, 3.63) is 29.3 Å². The second kappa shape index (κ2) is 5.32. The summed E-state index contributed by atoms with van der Waals surface area (Å²) < 4.78 is 5.49. The zero-order valence-corrected chi connectivity index (χ0v) is 14.6. The van der Waals surface area contributed by atoms with Crippen molar-refractivity contribution in [1.82, 2.24) is 4.90 Å². The van der Waals surface area contributed by atoms with E-state index in [2.05, 4.69) is 11.0 Å². The summed E-state index contributed by atoms with van der Waals surface area (Å²) >= 11 is 0. The molecule has 4 aliphatic rings. The first kappa shape index (κ1) is 14.9. The lowest BCUT2D eigenvalue weighted by atomic mass is 9.52. The molecule has 2 saturated carbocycles. The van der Waals surface area contributed by atoms with E-state index in [0.717, 1.165) is 30.3 Å². The third-order valence-electron chi connectivity index (χ3n) is 7.20. The topological polar surface area (TPSA) is 29.5 Å². The van der Waals surface area contributed by atoms with Crippen molar-refractivity contribution >= 4 is 5.78 Å². The monoisotopic (exact) mass is 325 g/mol. The number of rotatable bonds is 3. The van der Waals surface area contributed by atoms with E-state index in [4.69, 9.17) is 4.74 Å². The number of carbonyl (C=O) groups is 1. The van der Waals surface area contributed by atoms with Crippen LogP contribution in [-0.2, 0) is 5.41 Å². The Bertz CT molecular complexity index is 680. The van der Waals surface area contributed by atoms with Gasteiger partial charge in [-0.1, -0.05) is 12.8 Å². The number of nitrogens with zero attached hydrogens (tertiary/aromatic N) is 1. The van der Waals surface area contributed by atoms with E-state index in [1.807, 2.05) is 12.1 Å². The van der Waals surface area contributed by atoms with Crippen molar-refractivity contribution in [3.63, 3.8) is 0 Å². The third kappa shape index (κ3) is 2.03. The first-order chi connectivity index (χ1) is 11.7. The van der Waals surface area contributed by atoms with Crippen molar-refractivity contribution in [2.24, 2.45) is 11.8 Å². The Morgan fingerprint density at radius 3 is 2.88 bits per heavy atom. The van der Waals surface area contributed by atoms with Crippen molar-refractivity contribution in [3.8, 4) is 5.75 Å². The predicted molar refractivity (Wildman–Crippen MR) is 93.7 cm³/mol. The summed E-state index contributed by atoms with van der Waals surface area (Å²) in [6.45, 7) is 2.24. The molecule has 24 heavy (non-hydrogen) atoms. The van der Waals surface area contributed by atoms with Crippen LogP contribution in [0.15, 0.2) is 18.2 Å². The lowest BCUT2D eigenvalue weighted by Gasteiger charge is -2.58. The van der Waals surface area contributed by atoms with E-state index in [1.54, 1.807) is 7.11 Å². The van der Waals surface area contributed by atoms with Crippen molar-refractivity contribution in [1.29, 1.82) is 0 Å². The summed E-state index contributed by atoms with van der Waals surface area (Å²) in [4.78, 5) is 16.0. The minimum Gasteiger partial charge on any atom is -0.497 e. The molecule has 3 atom stereocenters. The highest BCUT2D eigenvalue weighted by atomic mass is 16.5. The first-order valence-corrected chi connectivity index (χ1v) is 9.70. The third-order valence-corrected chi connectivity index (χ3v) is 7.20. The fourth-order valence-electron chi connectivity index (χ4n) is 5.86. The van der Waals surface area contributed by atoms with Crippen LogP contribution in [0.2, 0.25) is 0 Å². The quantitative estimate of drug-likeness (QED) is 0.846. The lowest BCUT2D eigenvalue weighted by Crippen LogP contribution is -2.63. The number of hydrogen-bond donors (Lipinski definition) is 0. The summed E-state index contributed by atoms with van der Waals surface area (Å²) in [5, 5.41) is 0. The van der Waals surface area contributed by atoms with E-state index in [1.165, 1.54) is 50.5 Å². The Morgan fingerprint density at radius 1 is 1.21 bits per heavy atom. The maximum absolute atomic E-state index is 13.4. The minimum atomic E-state index is 0.139. The lowest BCUT2D eigenvalue weighted by molar-refractivity contribution is -0.00440. The van der Waals surface area contributed by atoms with Crippen molar-refractivity contribution in [2.75, 3.05) is 20.2 Å². The number of likely N-dealkylation sites (tertiary alicyclic amines) is 1. The zero-order chi connectivity index (χ0) is 16.3. The Labute approximate surface area is 144 Å². The van der Waals surface area contributed by atoms with Crippen LogP contribution in [0.3, 0.4) is 0 Å². The van der Waals surface area contributed by atoms with Crippen molar-refractivity contribution in [2.45, 2.75) is 56.4 Å². The molecule has 3 nitrogen and oxygen atoms in total. The molecule has 0 N–H and O–H groups in total. The Kier molecular flexibility index (Phi) is 3.31. The molecule has 1 saturated heterocycles. The van der Waals surface area contributed by atoms with Gasteiger partial charge in [0.1, 0.15) is 5.75 Å². The van der Waals surface area contributed by atoms with Crippen molar-refractivity contribution < 1.29 is 9.53 Å². The van der Waals surface area contributed by atoms with Gasteiger partial charge in [-0.05, 0) is 74.2 Å². The van der Waals surface area contributed by atoms with Gasteiger partial charge >= 0.3 is 0 Å². The molecule has 0 spiro atoms. The van der Waals surface area contributed by atoms with Gasteiger partial charge in [-0.25, -0.2) is 0 Å². The predicted octanol–water partition coefficient (Wildman–Crippen LogP) is 3.80. The number of fused-ring (bicyclic) bond motifs is 1. The van der Waals surface area contributed by atoms with Gasteiger partial charge in [0, 0.05) is 17.5 Å². The molecule has 128 valence electrons. The summed E-state index contributed by atoms with van der Waals surface area (Å²) in [6, 6.07) is 6.33. The van der Waals surface area contributed by atoms with Crippen LogP contribution >= 0.6 is 0 Å². The highest BCUT2D eigenvalue weighted by Crippen LogP contribution is 2.56. The van der Waals surface area contributed by atoms with E-state index < -0.39 is 0 Å². The Balaban J connectivity index is 1.63. The van der Waals surface area contributed by atoms with Crippen LogP contribution in [0.4, 0.5) is 0 Å². The maximum Gasteiger partial charge on any atom is 0.180 e. The molecule has 5 rings (SSSR count). The first-order valence-electron chi connectivity index (χ1n) is 9.70. The van der Waals surface area contributed by atoms with E-state index >= 15 is 0 Å². The van der Waals surface area contributed by atoms with Crippen LogP contribution in [0, 0.1) is 11.8 Å². The molecule has 3 heteroatoms. The summed E-state index contributed by atoms with van der Waals surface area (Å²) in [5.41, 5.74) is 2.51. The molecule has 1 heterocycles. The number of methoxy groups -OCH3 is 1. The van der Waals surface area contributed by atoms with Gasteiger partial charge in [-0.15, -0.1) is 0 Å². The second-order valence-corrected chi connectivity index (χ2v) is 8.42. The number of piperidine rings is 1. The van der Waals surface area contributed by atoms with E-state index in [-0.39, 0.29) is 11.5 Å². The molecule has 3 aliphatic carbocycles. The number of hydrogen-bond acceptors (Lipinski definition) is 3. The number of benzene rings is 1. The normalized spacial score (nSPS) is 35.3. The highest BCUT2D eigenvalue weighted by Gasteiger charge is 2.57. The number of Topliss-reactive ketones (excluding diaryl/α,β-unsaturated/α-hetero) is 1. The molecular weight excluding hydrogens is 298 g/mol. The van der Waals surface area contributed by atoms with Crippen LogP contribution in [-0.4, -0.2) is 36.9 Å². The summed E-state index contributed by atoms with van der Waals surface area (Å²) in [6.07, 6.45) is 8.99. The molecule has 1 aliphatic heterocycles. The van der Waals surface area contributed by atoms with Gasteiger partial charge in [0.25, 0.3) is 0 Å². The highest BCUT2D eigenvalue weighted by molar-refractivity contribution is 6.04. The second-order valence-electron chi connectivity index (χ2n) is 8.42. The average molecular weight is 325 g/mol. The van der Waals surface area contributed by atoms with Gasteiger partial charge < -0.3 is 4.74 Å². The van der Waals surface area contributed by atoms with Gasteiger partial charge in [0.15, 0.2) is 5.78 Å². The summed E-state index contributed by atoms with van der Waals surface area (Å²) in [5.74, 6) is 2.66. The van der Waals surface area contributed by atoms with Crippen LogP contribution in [0.5, 0.6) is 5.75 Å². The average Bonchev–Trinajstić information content (AvgIpc) is 3.44. The fraction of sp³-hybridized carbons (Fsp3) is 0.667. The van der Waals surface area contributed by atoms with Crippen LogP contribution in [0.25, 0.3) is 0 Å². The zero-order valence-electron chi connectivity index (χ0n) is 14.6. The van der Waals surface area contributed by atoms with Gasteiger partial charge in [-0.2, -0.15) is 0 Å². The van der Waals surface area contributed by atoms with Crippen LogP contribution in [0.1, 0.15) is 60.9 Å². The molecule has 1 aromatic rings. The largest absolute Gasteiger partial charge is 0.497 e. The number of ether oxygens (including phenoxy) is 1. The molecule has 0 radical (unpaired) electrons. The molecular formula is C21H27NO2. The number of ketones is 1. The van der Waals surface area contributed by atoms with Gasteiger partial charge in [-0.3, -0.25) is 9.69 Å². The molecule has 0 amide bonds. The van der Waals surface area contributed by atoms with E-state index in [9.17, 15) is 4.79 Å². The van der Waals surface area contributed by atoms with E-state index in [0.29, 0.717) is 11.7 Å². The maximum atomic E-state index is 13.4. The molecule has 0 unspecified atom stereocenters.